The van der Waals surface area contributed by atoms with E-state index in [1.165, 1.54) is 12.1 Å². The smallest absolute Gasteiger partial charge is 0.126 e. The number of pyridine rings is 2. The van der Waals surface area contributed by atoms with Crippen molar-refractivity contribution in [2.75, 3.05) is 0 Å². The number of fused-ring (bicyclic) bond motifs is 4. The van der Waals surface area contributed by atoms with Crippen LogP contribution < -0.4 is 0 Å². The van der Waals surface area contributed by atoms with Gasteiger partial charge in [-0.3, -0.25) is 9.97 Å². The van der Waals surface area contributed by atoms with Crippen LogP contribution >= 0.6 is 0 Å². The Balaban J connectivity index is 0.000000213. The van der Waals surface area contributed by atoms with Crippen molar-refractivity contribution in [1.82, 2.24) is 19.5 Å². The predicted octanol–water partition coefficient (Wildman–Crippen LogP) is 8.78. The number of rotatable bonds is 3. The molecule has 0 aliphatic rings. The third-order valence-corrected chi connectivity index (χ3v) is 7.03. The molecule has 8 aromatic rings. The molecule has 1 radical (unpaired) electrons. The van der Waals surface area contributed by atoms with Gasteiger partial charge >= 0.3 is 0 Å². The fourth-order valence-corrected chi connectivity index (χ4v) is 5.14. The van der Waals surface area contributed by atoms with Gasteiger partial charge in [0.2, 0.25) is 0 Å². The van der Waals surface area contributed by atoms with Crippen molar-refractivity contribution < 1.29 is 28.9 Å². The molecule has 4 aromatic carbocycles. The third-order valence-electron chi connectivity index (χ3n) is 7.03. The van der Waals surface area contributed by atoms with Crippen LogP contribution in [-0.2, 0) is 20.1 Å². The Morgan fingerprint density at radius 2 is 1.65 bits per heavy atom. The topological polar surface area (TPSA) is 56.7 Å². The minimum atomic E-state index is -0.328. The van der Waals surface area contributed by atoms with Crippen LogP contribution in [0.4, 0.5) is 4.39 Å². The maximum absolute atomic E-state index is 13.8. The number of aryl methyl sites for hydroxylation is 1. The van der Waals surface area contributed by atoms with Crippen molar-refractivity contribution in [3.05, 3.63) is 145 Å². The standard InChI is InChI=1S/C25H15FN3O.C11H8N.Ir/c1-15-13-27-14-21-23(15)29(17-6-3-2-4-7-17)25(28-21)20-9-5-8-19-18-11-10-16(26)12-22(18)30-24(19)20;1-2-6-10(7-3-1)11-8-4-5-9-12-11;/h2-8,10-14H,1H3;1-6,8-9H;/q2*-1;. The molecule has 0 aliphatic heterocycles. The van der Waals surface area contributed by atoms with Gasteiger partial charge in [0, 0.05) is 49.6 Å². The SMILES string of the molecule is Cc1cncc2nc(-c3[c-]ccc4c3oc3cc(F)ccc34)n(-c3ccccc3)c12.[Ir].[c-]1ccccc1-c1ccccn1. The van der Waals surface area contributed by atoms with Crippen LogP contribution in [0.5, 0.6) is 0 Å². The van der Waals surface area contributed by atoms with E-state index in [1.807, 2.05) is 98.0 Å². The molecule has 43 heavy (non-hydrogen) atoms. The number of aromatic nitrogens is 4. The number of nitrogens with zero attached hydrogens (tertiary/aromatic N) is 4. The second kappa shape index (κ2) is 12.1. The van der Waals surface area contributed by atoms with Crippen LogP contribution in [0.3, 0.4) is 0 Å². The van der Waals surface area contributed by atoms with Gasteiger partial charge in [-0.05, 0) is 48.5 Å². The Morgan fingerprint density at radius 3 is 2.44 bits per heavy atom. The maximum atomic E-state index is 13.8. The predicted molar refractivity (Wildman–Crippen MR) is 164 cm³/mol. The van der Waals surface area contributed by atoms with Crippen LogP contribution in [0.15, 0.2) is 126 Å². The second-order valence-electron chi connectivity index (χ2n) is 9.76. The third kappa shape index (κ3) is 5.36. The van der Waals surface area contributed by atoms with Crippen LogP contribution in [0.2, 0.25) is 0 Å². The van der Waals surface area contributed by atoms with Crippen LogP contribution in [0, 0.1) is 24.9 Å². The first kappa shape index (κ1) is 28.2. The van der Waals surface area contributed by atoms with Gasteiger partial charge in [0.25, 0.3) is 0 Å². The largest absolute Gasteiger partial charge is 0.500 e. The van der Waals surface area contributed by atoms with Gasteiger partial charge in [-0.25, -0.2) is 4.39 Å². The van der Waals surface area contributed by atoms with Crippen LogP contribution in [0.25, 0.3) is 61.3 Å². The number of imidazole rings is 1. The molecular weight excluding hydrogens is 716 g/mol. The molecule has 0 bridgehead atoms. The van der Waals surface area contributed by atoms with Crippen LogP contribution in [0.1, 0.15) is 5.56 Å². The number of halogens is 1. The van der Waals surface area contributed by atoms with E-state index in [-0.39, 0.29) is 25.9 Å². The molecule has 0 atom stereocenters. The Labute approximate surface area is 261 Å². The first-order valence-corrected chi connectivity index (χ1v) is 13.5. The minimum absolute atomic E-state index is 0. The molecule has 0 amide bonds. The van der Waals surface area contributed by atoms with Gasteiger partial charge < -0.3 is 14.0 Å². The summed E-state index contributed by atoms with van der Waals surface area (Å²) in [6, 6.07) is 38.6. The van der Waals surface area contributed by atoms with E-state index in [4.69, 9.17) is 9.40 Å². The van der Waals surface area contributed by atoms with Crippen molar-refractivity contribution in [1.29, 1.82) is 0 Å². The Morgan fingerprint density at radius 1 is 0.814 bits per heavy atom. The summed E-state index contributed by atoms with van der Waals surface area (Å²) in [5.74, 6) is 0.378. The monoisotopic (exact) mass is 739 g/mol. The van der Waals surface area contributed by atoms with Gasteiger partial charge in [0.15, 0.2) is 0 Å². The van der Waals surface area contributed by atoms with E-state index in [0.717, 1.165) is 49.9 Å². The Kier molecular flexibility index (Phi) is 7.92. The summed E-state index contributed by atoms with van der Waals surface area (Å²) in [4.78, 5) is 13.4. The van der Waals surface area contributed by atoms with Crippen molar-refractivity contribution in [3.8, 4) is 28.3 Å². The molecule has 211 valence electrons. The summed E-state index contributed by atoms with van der Waals surface area (Å²) in [5.41, 5.74) is 7.66. The molecule has 7 heteroatoms. The van der Waals surface area contributed by atoms with Gasteiger partial charge in [0.05, 0.1) is 28.6 Å². The molecule has 4 heterocycles. The molecule has 5 nitrogen and oxygen atoms in total. The van der Waals surface area contributed by atoms with Gasteiger partial charge in [-0.15, -0.1) is 54.1 Å². The Hall–Kier alpha value is -4.97. The average Bonchev–Trinajstić information content (AvgIpc) is 3.62. The molecule has 0 saturated carbocycles. The zero-order chi connectivity index (χ0) is 28.5. The molecule has 0 N–H and O–H groups in total. The quantitative estimate of drug-likeness (QED) is 0.170. The van der Waals surface area contributed by atoms with E-state index in [9.17, 15) is 4.39 Å². The van der Waals surface area contributed by atoms with E-state index in [0.29, 0.717) is 17.0 Å². The second-order valence-corrected chi connectivity index (χ2v) is 9.76. The summed E-state index contributed by atoms with van der Waals surface area (Å²) in [5, 5.41) is 1.77. The summed E-state index contributed by atoms with van der Waals surface area (Å²) in [6.07, 6.45) is 5.39. The summed E-state index contributed by atoms with van der Waals surface area (Å²) in [6.45, 7) is 2.02. The van der Waals surface area contributed by atoms with Gasteiger partial charge in [0.1, 0.15) is 11.4 Å². The molecule has 0 aliphatic carbocycles. The minimum Gasteiger partial charge on any atom is -0.500 e. The van der Waals surface area contributed by atoms with Crippen molar-refractivity contribution in [2.45, 2.75) is 6.92 Å². The average molecular weight is 739 g/mol. The number of hydrogen-bond donors (Lipinski definition) is 0. The normalized spacial score (nSPS) is 10.8. The van der Waals surface area contributed by atoms with Crippen molar-refractivity contribution in [3.63, 3.8) is 0 Å². The number of benzene rings is 4. The molecule has 0 unspecified atom stereocenters. The molecule has 4 aromatic heterocycles. The van der Waals surface area contributed by atoms with Gasteiger partial charge in [-0.1, -0.05) is 41.3 Å². The molecule has 0 spiro atoms. The number of furan rings is 1. The van der Waals surface area contributed by atoms with E-state index in [2.05, 4.69) is 26.7 Å². The Bertz CT molecular complexity index is 2120. The molecular formula is C36H23FIrN4O-2. The fraction of sp³-hybridized carbons (Fsp3) is 0.0278. The number of hydrogen-bond acceptors (Lipinski definition) is 4. The zero-order valence-corrected chi connectivity index (χ0v) is 25.4. The summed E-state index contributed by atoms with van der Waals surface area (Å²) < 4.78 is 22.0. The first-order chi connectivity index (χ1) is 20.7. The van der Waals surface area contributed by atoms with Crippen LogP contribution in [-0.4, -0.2) is 19.5 Å². The summed E-state index contributed by atoms with van der Waals surface area (Å²) >= 11 is 0. The van der Waals surface area contributed by atoms with E-state index < -0.39 is 0 Å². The number of para-hydroxylation sites is 1. The fourth-order valence-electron chi connectivity index (χ4n) is 5.14. The first-order valence-electron chi connectivity index (χ1n) is 13.5. The van der Waals surface area contributed by atoms with Crippen molar-refractivity contribution in [2.24, 2.45) is 0 Å². The molecule has 0 fully saturated rings. The van der Waals surface area contributed by atoms with E-state index in [1.54, 1.807) is 18.5 Å². The summed E-state index contributed by atoms with van der Waals surface area (Å²) in [7, 11) is 0. The van der Waals surface area contributed by atoms with Gasteiger partial charge in [-0.2, -0.15) is 0 Å². The maximum Gasteiger partial charge on any atom is 0.126 e. The zero-order valence-electron chi connectivity index (χ0n) is 23.0. The molecule has 0 saturated heterocycles. The van der Waals surface area contributed by atoms with E-state index >= 15 is 0 Å². The van der Waals surface area contributed by atoms with Crippen molar-refractivity contribution >= 4 is 33.0 Å². The molecule has 8 rings (SSSR count).